The zero-order chi connectivity index (χ0) is 25.8. The molecule has 8 heteroatoms. The molecule has 0 N–H and O–H groups in total. The van der Waals surface area contributed by atoms with Gasteiger partial charge in [-0.25, -0.2) is 4.79 Å². The molecule has 0 aliphatic carbocycles. The van der Waals surface area contributed by atoms with Gasteiger partial charge in [0, 0.05) is 6.04 Å². The van der Waals surface area contributed by atoms with Crippen LogP contribution in [-0.2, 0) is 13.2 Å². The predicted octanol–water partition coefficient (Wildman–Crippen LogP) is 4.88. The van der Waals surface area contributed by atoms with Crippen LogP contribution in [0.3, 0.4) is 0 Å². The molecule has 0 spiro atoms. The molecule has 1 saturated heterocycles. The second-order valence-electron chi connectivity index (χ2n) is 9.03. The molecule has 2 heterocycles. The number of hydrogen-bond acceptors (Lipinski definition) is 6. The molecule has 37 heavy (non-hydrogen) atoms. The molecular weight excluding hydrogens is 488 g/mol. The molecule has 3 aromatic carbocycles. The fraction of sp³-hybridized carbons (Fsp3) is 0.310. The number of thioether (sulfide) groups is 1. The molecule has 0 bridgehead atoms. The van der Waals surface area contributed by atoms with E-state index in [0.717, 1.165) is 35.5 Å². The van der Waals surface area contributed by atoms with Gasteiger partial charge < -0.3 is 14.2 Å². The van der Waals surface area contributed by atoms with Crippen molar-refractivity contribution in [2.24, 2.45) is 0 Å². The van der Waals surface area contributed by atoms with Crippen molar-refractivity contribution in [1.29, 1.82) is 0 Å². The van der Waals surface area contributed by atoms with Crippen molar-refractivity contribution < 1.29 is 14.2 Å². The Morgan fingerprint density at radius 3 is 2.35 bits per heavy atom. The Balaban J connectivity index is 1.59. The first-order valence-electron chi connectivity index (χ1n) is 12.3. The number of hydrogen-bond donors (Lipinski definition) is 0. The van der Waals surface area contributed by atoms with Gasteiger partial charge in [-0.1, -0.05) is 36.4 Å². The molecule has 0 amide bonds. The molecule has 0 saturated carbocycles. The van der Waals surface area contributed by atoms with Crippen LogP contribution >= 0.6 is 11.8 Å². The van der Waals surface area contributed by atoms with Gasteiger partial charge in [0.25, 0.3) is 5.56 Å². The van der Waals surface area contributed by atoms with Crippen LogP contribution in [0.4, 0.5) is 0 Å². The molecule has 0 atom stereocenters. The van der Waals surface area contributed by atoms with Gasteiger partial charge in [-0.15, -0.1) is 0 Å². The average Bonchev–Trinajstić information content (AvgIpc) is 2.95. The summed E-state index contributed by atoms with van der Waals surface area (Å²) in [5.41, 5.74) is 1.85. The summed E-state index contributed by atoms with van der Waals surface area (Å²) in [4.78, 5) is 27.5. The third-order valence-corrected chi connectivity index (χ3v) is 7.78. The van der Waals surface area contributed by atoms with Crippen molar-refractivity contribution in [1.82, 2.24) is 9.13 Å². The Hall–Kier alpha value is -3.65. The smallest absolute Gasteiger partial charge is 0.332 e. The zero-order valence-electron chi connectivity index (χ0n) is 21.0. The van der Waals surface area contributed by atoms with Crippen molar-refractivity contribution in [3.8, 4) is 17.2 Å². The van der Waals surface area contributed by atoms with Crippen LogP contribution in [0, 0.1) is 0 Å². The highest BCUT2D eigenvalue weighted by molar-refractivity contribution is 7.99. The molecule has 5 rings (SSSR count). The highest BCUT2D eigenvalue weighted by Gasteiger charge is 2.23. The first-order valence-corrected chi connectivity index (χ1v) is 13.5. The lowest BCUT2D eigenvalue weighted by Crippen LogP contribution is -2.42. The van der Waals surface area contributed by atoms with E-state index in [-0.39, 0.29) is 23.8 Å². The van der Waals surface area contributed by atoms with Crippen LogP contribution in [0.25, 0.3) is 10.9 Å². The Bertz CT molecular complexity index is 1510. The number of rotatable bonds is 8. The van der Waals surface area contributed by atoms with E-state index in [4.69, 9.17) is 14.2 Å². The van der Waals surface area contributed by atoms with Gasteiger partial charge in [-0.05, 0) is 65.8 Å². The Morgan fingerprint density at radius 1 is 0.865 bits per heavy atom. The maximum atomic E-state index is 13.8. The lowest BCUT2D eigenvalue weighted by molar-refractivity contribution is 0.306. The number of benzene rings is 3. The van der Waals surface area contributed by atoms with E-state index >= 15 is 0 Å². The maximum Gasteiger partial charge on any atom is 0.332 e. The van der Waals surface area contributed by atoms with E-state index in [1.165, 1.54) is 4.57 Å². The molecule has 1 aliphatic heterocycles. The van der Waals surface area contributed by atoms with Crippen LogP contribution in [-0.4, -0.2) is 34.9 Å². The number of aromatic nitrogens is 2. The Labute approximate surface area is 219 Å². The standard InChI is InChI=1S/C29H30N2O5S/c1-34-26-11-8-21(16-27(26)35-2)18-30-28(32)24-17-23(36-19-20-6-4-3-5-7-20)9-10-25(24)31(29(30)33)22-12-14-37-15-13-22/h3-11,16-17,22H,12-15,18-19H2,1-2H3. The summed E-state index contributed by atoms with van der Waals surface area (Å²) >= 11 is 1.90. The van der Waals surface area contributed by atoms with E-state index in [9.17, 15) is 9.59 Å². The third-order valence-electron chi connectivity index (χ3n) is 6.73. The Morgan fingerprint density at radius 2 is 1.62 bits per heavy atom. The van der Waals surface area contributed by atoms with Gasteiger partial charge in [-0.3, -0.25) is 13.9 Å². The van der Waals surface area contributed by atoms with E-state index < -0.39 is 0 Å². The highest BCUT2D eigenvalue weighted by Crippen LogP contribution is 2.30. The number of methoxy groups -OCH3 is 2. The molecule has 1 fully saturated rings. The molecule has 1 aliphatic rings. The molecular formula is C29H30N2O5S. The first kappa shape index (κ1) is 25.0. The molecule has 192 valence electrons. The van der Waals surface area contributed by atoms with E-state index in [1.54, 1.807) is 32.4 Å². The normalized spacial score (nSPS) is 14.0. The van der Waals surface area contributed by atoms with Crippen molar-refractivity contribution >= 4 is 22.7 Å². The summed E-state index contributed by atoms with van der Waals surface area (Å²) in [6.45, 7) is 0.524. The predicted molar refractivity (Wildman–Crippen MR) is 147 cm³/mol. The summed E-state index contributed by atoms with van der Waals surface area (Å²) in [6, 6.07) is 20.8. The number of nitrogens with zero attached hydrogens (tertiary/aromatic N) is 2. The lowest BCUT2D eigenvalue weighted by atomic mass is 10.1. The SMILES string of the molecule is COc1ccc(Cn2c(=O)c3cc(OCc4ccccc4)ccc3n(C3CCSCC3)c2=O)cc1OC. The molecule has 7 nitrogen and oxygen atoms in total. The van der Waals surface area contributed by atoms with Crippen molar-refractivity contribution in [2.45, 2.75) is 32.0 Å². The summed E-state index contributed by atoms with van der Waals surface area (Å²) in [5, 5.41) is 0.476. The summed E-state index contributed by atoms with van der Waals surface area (Å²) in [7, 11) is 3.14. The monoisotopic (exact) mass is 518 g/mol. The zero-order valence-corrected chi connectivity index (χ0v) is 21.8. The fourth-order valence-corrected chi connectivity index (χ4v) is 5.87. The summed E-state index contributed by atoms with van der Waals surface area (Å²) < 4.78 is 19.9. The van der Waals surface area contributed by atoms with Crippen LogP contribution < -0.4 is 25.5 Å². The fourth-order valence-electron chi connectivity index (χ4n) is 4.79. The van der Waals surface area contributed by atoms with Crippen molar-refractivity contribution in [3.05, 3.63) is 98.7 Å². The van der Waals surface area contributed by atoms with Gasteiger partial charge in [0.2, 0.25) is 0 Å². The van der Waals surface area contributed by atoms with Crippen LogP contribution in [0.1, 0.15) is 30.0 Å². The van der Waals surface area contributed by atoms with Crippen molar-refractivity contribution in [2.75, 3.05) is 25.7 Å². The topological polar surface area (TPSA) is 71.7 Å². The highest BCUT2D eigenvalue weighted by atomic mass is 32.2. The average molecular weight is 519 g/mol. The second kappa shape index (κ2) is 11.2. The molecule has 0 unspecified atom stereocenters. The van der Waals surface area contributed by atoms with Crippen LogP contribution in [0.2, 0.25) is 0 Å². The van der Waals surface area contributed by atoms with E-state index in [1.807, 2.05) is 64.9 Å². The minimum Gasteiger partial charge on any atom is -0.493 e. The Kier molecular flexibility index (Phi) is 7.55. The van der Waals surface area contributed by atoms with Gasteiger partial charge in [0.15, 0.2) is 11.5 Å². The summed E-state index contributed by atoms with van der Waals surface area (Å²) in [5.74, 6) is 3.72. The van der Waals surface area contributed by atoms with Gasteiger partial charge >= 0.3 is 5.69 Å². The lowest BCUT2D eigenvalue weighted by Gasteiger charge is -2.26. The van der Waals surface area contributed by atoms with E-state index in [2.05, 4.69) is 0 Å². The molecule has 0 radical (unpaired) electrons. The first-order chi connectivity index (χ1) is 18.1. The minimum atomic E-state index is -0.332. The van der Waals surface area contributed by atoms with Gasteiger partial charge in [0.05, 0.1) is 31.7 Å². The van der Waals surface area contributed by atoms with Gasteiger partial charge in [-0.2, -0.15) is 11.8 Å². The third kappa shape index (κ3) is 5.25. The molecule has 4 aromatic rings. The molecule has 1 aromatic heterocycles. The second-order valence-corrected chi connectivity index (χ2v) is 10.3. The maximum absolute atomic E-state index is 13.8. The minimum absolute atomic E-state index is 0.0459. The van der Waals surface area contributed by atoms with Crippen molar-refractivity contribution in [3.63, 3.8) is 0 Å². The van der Waals surface area contributed by atoms with Gasteiger partial charge in [0.1, 0.15) is 12.4 Å². The largest absolute Gasteiger partial charge is 0.493 e. The quantitative estimate of drug-likeness (QED) is 0.331. The summed E-state index contributed by atoms with van der Waals surface area (Å²) in [6.07, 6.45) is 1.78. The van der Waals surface area contributed by atoms with Crippen LogP contribution in [0.15, 0.2) is 76.3 Å². The number of fused-ring (bicyclic) bond motifs is 1. The van der Waals surface area contributed by atoms with Crippen LogP contribution in [0.5, 0.6) is 17.2 Å². The van der Waals surface area contributed by atoms with E-state index in [0.29, 0.717) is 34.8 Å². The number of ether oxygens (including phenoxy) is 3.